The molecule has 0 spiro atoms. The van der Waals surface area contributed by atoms with Crippen molar-refractivity contribution in [2.75, 3.05) is 27.9 Å². The van der Waals surface area contributed by atoms with Crippen LogP contribution in [0.5, 0.6) is 11.5 Å². The summed E-state index contributed by atoms with van der Waals surface area (Å²) in [6.45, 7) is -0.439. The van der Waals surface area contributed by atoms with Crippen LogP contribution in [0, 0.1) is 0 Å². The quantitative estimate of drug-likeness (QED) is 0.449. The average Bonchev–Trinajstić information content (AvgIpc) is 2.51. The van der Waals surface area contributed by atoms with Gasteiger partial charge in [0.1, 0.15) is 6.42 Å². The second-order valence-electron chi connectivity index (χ2n) is 4.00. The number of carbonyl (C=O) groups excluding carboxylic acids is 3. The summed E-state index contributed by atoms with van der Waals surface area (Å²) in [6, 6.07) is 4.61. The highest BCUT2D eigenvalue weighted by molar-refractivity contribution is 6.00. The summed E-state index contributed by atoms with van der Waals surface area (Å²) in [5, 5.41) is 2.29. The maximum Gasteiger partial charge on any atom is 0.315 e. The molecular weight excluding hydrogens is 278 g/mol. The van der Waals surface area contributed by atoms with Crippen molar-refractivity contribution in [3.8, 4) is 11.5 Å². The SMILES string of the molecule is CNC(=O)CC(=O)OCC(=O)c1ccc(OC)c(OC)c1. The Bertz CT molecular complexity index is 540. The molecule has 1 N–H and O–H groups in total. The van der Waals surface area contributed by atoms with Crippen LogP contribution in [-0.4, -0.2) is 45.5 Å². The summed E-state index contributed by atoms with van der Waals surface area (Å²) >= 11 is 0. The van der Waals surface area contributed by atoms with Crippen molar-refractivity contribution in [3.63, 3.8) is 0 Å². The smallest absolute Gasteiger partial charge is 0.315 e. The number of ether oxygens (including phenoxy) is 3. The van der Waals surface area contributed by atoms with Gasteiger partial charge in [-0.2, -0.15) is 0 Å². The van der Waals surface area contributed by atoms with Gasteiger partial charge in [0.25, 0.3) is 0 Å². The van der Waals surface area contributed by atoms with Crippen LogP contribution >= 0.6 is 0 Å². The van der Waals surface area contributed by atoms with Crippen LogP contribution in [0.4, 0.5) is 0 Å². The molecule has 1 amide bonds. The lowest BCUT2D eigenvalue weighted by atomic mass is 10.1. The number of Topliss-reactive ketones (excluding diaryl/α,β-unsaturated/α-hetero) is 1. The number of ketones is 1. The van der Waals surface area contributed by atoms with Crippen molar-refractivity contribution in [3.05, 3.63) is 23.8 Å². The van der Waals surface area contributed by atoms with Crippen molar-refractivity contribution < 1.29 is 28.6 Å². The zero-order valence-corrected chi connectivity index (χ0v) is 12.1. The molecule has 0 unspecified atom stereocenters. The zero-order valence-electron chi connectivity index (χ0n) is 12.1. The molecule has 0 aliphatic rings. The van der Waals surface area contributed by atoms with Crippen LogP contribution in [0.15, 0.2) is 18.2 Å². The van der Waals surface area contributed by atoms with Gasteiger partial charge >= 0.3 is 5.97 Å². The Hall–Kier alpha value is -2.57. The molecule has 0 saturated carbocycles. The van der Waals surface area contributed by atoms with Crippen LogP contribution in [0.25, 0.3) is 0 Å². The van der Waals surface area contributed by atoms with E-state index in [2.05, 4.69) is 5.32 Å². The molecule has 1 aromatic carbocycles. The van der Waals surface area contributed by atoms with Crippen molar-refractivity contribution in [2.45, 2.75) is 6.42 Å². The molecular formula is C14H17NO6. The van der Waals surface area contributed by atoms with E-state index in [-0.39, 0.29) is 0 Å². The number of hydrogen-bond acceptors (Lipinski definition) is 6. The van der Waals surface area contributed by atoms with Gasteiger partial charge in [-0.15, -0.1) is 0 Å². The number of benzene rings is 1. The number of amides is 1. The molecule has 0 aromatic heterocycles. The van der Waals surface area contributed by atoms with Gasteiger partial charge in [-0.05, 0) is 18.2 Å². The number of carbonyl (C=O) groups is 3. The minimum atomic E-state index is -0.761. The van der Waals surface area contributed by atoms with Gasteiger partial charge in [0.15, 0.2) is 23.9 Å². The number of esters is 1. The zero-order chi connectivity index (χ0) is 15.8. The minimum absolute atomic E-state index is 0.320. The van der Waals surface area contributed by atoms with Gasteiger partial charge in [0.2, 0.25) is 5.91 Å². The van der Waals surface area contributed by atoms with Crippen LogP contribution in [0.3, 0.4) is 0 Å². The van der Waals surface area contributed by atoms with Gasteiger partial charge < -0.3 is 19.5 Å². The number of methoxy groups -OCH3 is 2. The van der Waals surface area contributed by atoms with E-state index in [4.69, 9.17) is 14.2 Å². The molecule has 0 aliphatic heterocycles. The fraction of sp³-hybridized carbons (Fsp3) is 0.357. The van der Waals surface area contributed by atoms with E-state index in [1.54, 1.807) is 6.07 Å². The standard InChI is InChI=1S/C14H17NO6/c1-15-13(17)7-14(18)21-8-10(16)9-4-5-11(19-2)12(6-9)20-3/h4-6H,7-8H2,1-3H3,(H,15,17). The fourth-order valence-electron chi connectivity index (χ4n) is 1.51. The summed E-state index contributed by atoms with van der Waals surface area (Å²) < 4.78 is 14.9. The molecule has 1 aromatic rings. The van der Waals surface area contributed by atoms with Crippen LogP contribution in [0.1, 0.15) is 16.8 Å². The van der Waals surface area contributed by atoms with Crippen LogP contribution in [0.2, 0.25) is 0 Å². The number of nitrogens with one attached hydrogen (secondary N) is 1. The lowest BCUT2D eigenvalue weighted by Crippen LogP contribution is -2.23. The monoisotopic (exact) mass is 295 g/mol. The van der Waals surface area contributed by atoms with E-state index in [1.165, 1.54) is 33.4 Å². The minimum Gasteiger partial charge on any atom is -0.493 e. The van der Waals surface area contributed by atoms with E-state index in [0.717, 1.165) is 0 Å². The molecule has 21 heavy (non-hydrogen) atoms. The number of hydrogen-bond donors (Lipinski definition) is 1. The normalized spacial score (nSPS) is 9.67. The Morgan fingerprint density at radius 3 is 2.33 bits per heavy atom. The average molecular weight is 295 g/mol. The van der Waals surface area contributed by atoms with E-state index in [9.17, 15) is 14.4 Å². The van der Waals surface area contributed by atoms with Crippen molar-refractivity contribution in [1.29, 1.82) is 0 Å². The van der Waals surface area contributed by atoms with Gasteiger partial charge in [-0.1, -0.05) is 0 Å². The largest absolute Gasteiger partial charge is 0.493 e. The Labute approximate surface area is 122 Å². The van der Waals surface area contributed by atoms with Gasteiger partial charge in [0, 0.05) is 12.6 Å². The van der Waals surface area contributed by atoms with E-state index in [1.807, 2.05) is 0 Å². The summed E-state index contributed by atoms with van der Waals surface area (Å²) in [7, 11) is 4.35. The second kappa shape index (κ2) is 7.88. The summed E-state index contributed by atoms with van der Waals surface area (Å²) in [5.74, 6) is -0.742. The predicted molar refractivity (Wildman–Crippen MR) is 73.5 cm³/mol. The fourth-order valence-corrected chi connectivity index (χ4v) is 1.51. The Kier molecular flexibility index (Phi) is 6.19. The third-order valence-corrected chi connectivity index (χ3v) is 2.65. The predicted octanol–water partition coefficient (Wildman–Crippen LogP) is 0.566. The molecule has 0 saturated heterocycles. The molecule has 7 heteroatoms. The van der Waals surface area contributed by atoms with Crippen LogP contribution in [-0.2, 0) is 14.3 Å². The first kappa shape index (κ1) is 16.5. The third kappa shape index (κ3) is 4.79. The molecule has 0 atom stereocenters. The first-order chi connectivity index (χ1) is 10.0. The summed E-state index contributed by atoms with van der Waals surface area (Å²) in [4.78, 5) is 34.2. The van der Waals surface area contributed by atoms with Gasteiger partial charge in [-0.3, -0.25) is 14.4 Å². The number of rotatable bonds is 7. The second-order valence-corrected chi connectivity index (χ2v) is 4.00. The molecule has 7 nitrogen and oxygen atoms in total. The maximum absolute atomic E-state index is 11.9. The molecule has 0 bridgehead atoms. The topological polar surface area (TPSA) is 90.9 Å². The molecule has 0 radical (unpaired) electrons. The first-order valence-corrected chi connectivity index (χ1v) is 6.13. The van der Waals surface area contributed by atoms with E-state index < -0.39 is 30.7 Å². The Morgan fingerprint density at radius 1 is 1.10 bits per heavy atom. The highest BCUT2D eigenvalue weighted by Crippen LogP contribution is 2.27. The summed E-state index contributed by atoms with van der Waals surface area (Å²) in [5.41, 5.74) is 0.320. The third-order valence-electron chi connectivity index (χ3n) is 2.65. The molecule has 114 valence electrons. The molecule has 0 heterocycles. The van der Waals surface area contributed by atoms with Crippen LogP contribution < -0.4 is 14.8 Å². The van der Waals surface area contributed by atoms with Crippen molar-refractivity contribution in [1.82, 2.24) is 5.32 Å². The highest BCUT2D eigenvalue weighted by Gasteiger charge is 2.14. The lowest BCUT2D eigenvalue weighted by Gasteiger charge is -2.09. The maximum atomic E-state index is 11.9. The Morgan fingerprint density at radius 2 is 1.76 bits per heavy atom. The lowest BCUT2D eigenvalue weighted by molar-refractivity contribution is -0.145. The van der Waals surface area contributed by atoms with Crippen molar-refractivity contribution >= 4 is 17.7 Å². The van der Waals surface area contributed by atoms with Gasteiger partial charge in [-0.25, -0.2) is 0 Å². The van der Waals surface area contributed by atoms with E-state index >= 15 is 0 Å². The molecule has 1 rings (SSSR count). The summed E-state index contributed by atoms with van der Waals surface area (Å²) in [6.07, 6.45) is -0.421. The molecule has 0 fully saturated rings. The molecule has 0 aliphatic carbocycles. The van der Waals surface area contributed by atoms with Gasteiger partial charge in [0.05, 0.1) is 14.2 Å². The first-order valence-electron chi connectivity index (χ1n) is 6.13. The highest BCUT2D eigenvalue weighted by atomic mass is 16.5. The van der Waals surface area contributed by atoms with Crippen molar-refractivity contribution in [2.24, 2.45) is 0 Å². The van der Waals surface area contributed by atoms with E-state index in [0.29, 0.717) is 17.1 Å². The Balaban J connectivity index is 2.64.